The molecule has 0 aromatic carbocycles. The van der Waals surface area contributed by atoms with E-state index in [1.165, 1.54) is 24.3 Å². The first-order chi connectivity index (χ1) is 24.6. The number of fused-ring (bicyclic) bond motifs is 1. The van der Waals surface area contributed by atoms with Crippen molar-refractivity contribution in [3.63, 3.8) is 0 Å². The van der Waals surface area contributed by atoms with E-state index in [0.29, 0.717) is 29.2 Å². The Bertz CT molecular complexity index is 1930. The minimum atomic E-state index is -4.51. The first kappa shape index (κ1) is 37.7. The molecule has 0 saturated carbocycles. The smallest absolute Gasteiger partial charge is 0.508 e. The molecule has 278 valence electrons. The molecular weight excluding hydrogens is 721 g/mol. The summed E-state index contributed by atoms with van der Waals surface area (Å²) in [5.74, 6) is -1.41. The Morgan fingerprint density at radius 2 is 1.98 bits per heavy atom. The third-order valence-corrected chi connectivity index (χ3v) is 10.5. The zero-order valence-corrected chi connectivity index (χ0v) is 29.1. The summed E-state index contributed by atoms with van der Waals surface area (Å²) in [6, 6.07) is 1.07. The number of hydrogen-bond acceptors (Lipinski definition) is 19. The Kier molecular flexibility index (Phi) is 12.6. The van der Waals surface area contributed by atoms with Crippen molar-refractivity contribution >= 4 is 41.3 Å². The molecule has 2 aliphatic rings. The number of carbonyl (C=O) groups is 1. The lowest BCUT2D eigenvalue weighted by atomic mass is 10.2. The van der Waals surface area contributed by atoms with E-state index in [1.54, 1.807) is 0 Å². The number of nitrogens with two attached hydrogens (primary N) is 1. The van der Waals surface area contributed by atoms with Gasteiger partial charge in [0, 0.05) is 37.4 Å². The first-order valence-electron chi connectivity index (χ1n) is 15.4. The van der Waals surface area contributed by atoms with Gasteiger partial charge in [-0.25, -0.2) is 29.1 Å². The third-order valence-electron chi connectivity index (χ3n) is 7.28. The molecule has 0 spiro atoms. The molecule has 5 rings (SSSR count). The van der Waals surface area contributed by atoms with Crippen LogP contribution in [0.15, 0.2) is 57.5 Å². The Hall–Kier alpha value is -4.60. The molecule has 2 unspecified atom stereocenters. The van der Waals surface area contributed by atoms with E-state index >= 15 is 0 Å². The lowest BCUT2D eigenvalue weighted by Gasteiger charge is -2.24. The van der Waals surface area contributed by atoms with E-state index in [4.69, 9.17) is 43.2 Å². The molecule has 21 nitrogen and oxygen atoms in total. The fourth-order valence-electron chi connectivity index (χ4n) is 4.79. The highest BCUT2D eigenvalue weighted by atomic mass is 32.7. The number of nitrogens with one attached hydrogen (secondary N) is 1. The number of hydrogen-bond donors (Lipinski definition) is 4. The van der Waals surface area contributed by atoms with Crippen LogP contribution < -0.4 is 17.0 Å². The highest BCUT2D eigenvalue weighted by Gasteiger charge is 2.45. The van der Waals surface area contributed by atoms with Gasteiger partial charge < -0.3 is 48.9 Å². The minimum absolute atomic E-state index is 0.0432. The standard InChI is InChI=1S/C28H36N7O14PS/c1-3-4-7-43-8-9-44-28(40)45-15-51-50(41,49-22-17(11-36)48-26(23(22)42-2)34-6-5-19(38)33-27(34)39)46-12-18-16(37)10-20(47-18)35-14-32-21-24(29)30-13-31-25(21)35/h5-6,13-14,20,23,26,36-37H,3-4,7-12,15H2,1-2H3,(H2,29,30,31)(H,33,38,39)/t20-,23?,26-,50?/m1/s1. The molecule has 5 N–H and O–H groups in total. The molecule has 3 aromatic heterocycles. The van der Waals surface area contributed by atoms with Gasteiger partial charge in [-0.1, -0.05) is 13.3 Å². The number of nitrogen functional groups attached to an aromatic ring is 1. The second-order valence-electron chi connectivity index (χ2n) is 10.6. The summed E-state index contributed by atoms with van der Waals surface area (Å²) in [6.45, 7) is -3.32. The maximum absolute atomic E-state index is 14.3. The number of ether oxygens (including phenoxy) is 6. The highest BCUT2D eigenvalue weighted by Crippen LogP contribution is 2.64. The minimum Gasteiger partial charge on any atom is -0.508 e. The van der Waals surface area contributed by atoms with E-state index in [-0.39, 0.29) is 48.5 Å². The summed E-state index contributed by atoms with van der Waals surface area (Å²) in [5.41, 5.74) is 5.01. The first-order valence-corrected chi connectivity index (χ1v) is 18.5. The van der Waals surface area contributed by atoms with Crippen LogP contribution in [0, 0.1) is 0 Å². The Morgan fingerprint density at radius 3 is 2.73 bits per heavy atom. The predicted molar refractivity (Wildman–Crippen MR) is 176 cm³/mol. The number of rotatable bonds is 18. The molecule has 23 heteroatoms. The van der Waals surface area contributed by atoms with Crippen molar-refractivity contribution < 1.29 is 57.0 Å². The van der Waals surface area contributed by atoms with E-state index in [2.05, 4.69) is 19.9 Å². The maximum atomic E-state index is 14.3. The SMILES string of the molecule is CCCCOCCOC(=O)OCSP(=O)(OCC1=C(O)C[C@H](n2cnc3c(N)ncnc32)O1)OC1=C(CO)O[C@@H](n2ccc(=O)[nH]c2=O)C1OC. The van der Waals surface area contributed by atoms with Gasteiger partial charge in [0.1, 0.15) is 43.8 Å². The summed E-state index contributed by atoms with van der Waals surface area (Å²) in [5, 5.41) is 20.8. The summed E-state index contributed by atoms with van der Waals surface area (Å²) in [7, 11) is 1.24. The van der Waals surface area contributed by atoms with E-state index < -0.39 is 61.9 Å². The molecule has 0 aliphatic carbocycles. The number of aliphatic hydroxyl groups is 2. The molecule has 0 fully saturated rings. The lowest BCUT2D eigenvalue weighted by Crippen LogP contribution is -2.36. The zero-order chi connectivity index (χ0) is 36.5. The normalized spacial score (nSPS) is 19.9. The molecule has 4 atom stereocenters. The number of aromatic amines is 1. The molecular formula is C28H36N7O14PS. The van der Waals surface area contributed by atoms with Crippen molar-refractivity contribution in [1.82, 2.24) is 29.1 Å². The van der Waals surface area contributed by atoms with Gasteiger partial charge >= 0.3 is 18.6 Å². The largest absolute Gasteiger partial charge is 0.509 e. The van der Waals surface area contributed by atoms with Crippen LogP contribution in [0.5, 0.6) is 0 Å². The molecule has 0 saturated heterocycles. The van der Waals surface area contributed by atoms with Gasteiger partial charge in [0.05, 0.1) is 13.0 Å². The summed E-state index contributed by atoms with van der Waals surface area (Å²) in [6.07, 6.45) is 1.03. The van der Waals surface area contributed by atoms with Gasteiger partial charge in [-0.3, -0.25) is 23.4 Å². The molecule has 51 heavy (non-hydrogen) atoms. The number of anilines is 1. The number of imidazole rings is 1. The number of aromatic nitrogens is 6. The van der Waals surface area contributed by atoms with Crippen LogP contribution in [0.3, 0.4) is 0 Å². The van der Waals surface area contributed by atoms with Crippen LogP contribution in [-0.2, 0) is 42.0 Å². The Morgan fingerprint density at radius 1 is 1.16 bits per heavy atom. The van der Waals surface area contributed by atoms with Crippen molar-refractivity contribution in [3.05, 3.63) is 68.8 Å². The number of methoxy groups -OCH3 is 1. The molecule has 0 radical (unpaired) electrons. The molecule has 0 bridgehead atoms. The fourth-order valence-corrected chi connectivity index (χ4v) is 7.30. The van der Waals surface area contributed by atoms with Crippen molar-refractivity contribution in [3.8, 4) is 0 Å². The Labute approximate surface area is 292 Å². The Balaban J connectivity index is 1.30. The average molecular weight is 758 g/mol. The van der Waals surface area contributed by atoms with E-state index in [1.807, 2.05) is 6.92 Å². The van der Waals surface area contributed by atoms with Gasteiger partial charge in [0.2, 0.25) is 6.23 Å². The second-order valence-corrected chi connectivity index (χ2v) is 14.6. The number of unbranched alkanes of at least 4 members (excludes halogenated alkanes) is 1. The molecule has 0 amide bonds. The zero-order valence-electron chi connectivity index (χ0n) is 27.4. The topological polar surface area (TPSA) is 273 Å². The van der Waals surface area contributed by atoms with Crippen LogP contribution in [0.1, 0.15) is 38.6 Å². The van der Waals surface area contributed by atoms with Gasteiger partial charge in [-0.15, -0.1) is 0 Å². The highest BCUT2D eigenvalue weighted by molar-refractivity contribution is 8.55. The number of carbonyl (C=O) groups excluding carboxylic acids is 1. The van der Waals surface area contributed by atoms with Crippen LogP contribution in [0.2, 0.25) is 0 Å². The number of H-pyrrole nitrogens is 1. The van der Waals surface area contributed by atoms with Gasteiger partial charge in [0.15, 0.2) is 47.0 Å². The van der Waals surface area contributed by atoms with Crippen LogP contribution in [0.4, 0.5) is 10.6 Å². The summed E-state index contributed by atoms with van der Waals surface area (Å²) < 4.78 is 60.7. The molecule has 3 aromatic rings. The van der Waals surface area contributed by atoms with Crippen LogP contribution in [0.25, 0.3) is 11.2 Å². The number of aliphatic hydroxyl groups excluding tert-OH is 2. The van der Waals surface area contributed by atoms with Crippen LogP contribution >= 0.6 is 18.2 Å². The van der Waals surface area contributed by atoms with Crippen molar-refractivity contribution in [2.75, 3.05) is 51.8 Å². The second kappa shape index (κ2) is 17.1. The van der Waals surface area contributed by atoms with Crippen molar-refractivity contribution in [2.24, 2.45) is 0 Å². The van der Waals surface area contributed by atoms with Crippen molar-refractivity contribution in [1.29, 1.82) is 0 Å². The van der Waals surface area contributed by atoms with Gasteiger partial charge in [0.25, 0.3) is 5.56 Å². The van der Waals surface area contributed by atoms with Gasteiger partial charge in [-0.05, 0) is 6.42 Å². The monoisotopic (exact) mass is 757 g/mol. The van der Waals surface area contributed by atoms with Gasteiger partial charge in [-0.2, -0.15) is 0 Å². The quantitative estimate of drug-likeness (QED) is 0.0626. The van der Waals surface area contributed by atoms with Crippen molar-refractivity contribution in [2.45, 2.75) is 44.7 Å². The maximum Gasteiger partial charge on any atom is 0.509 e. The van der Waals surface area contributed by atoms with Crippen LogP contribution in [-0.4, -0.2) is 97.6 Å². The van der Waals surface area contributed by atoms with E-state index in [9.17, 15) is 29.2 Å². The molecule has 5 heterocycles. The summed E-state index contributed by atoms with van der Waals surface area (Å²) in [4.78, 5) is 50.7. The number of nitrogens with zero attached hydrogens (tertiary/aromatic N) is 5. The van der Waals surface area contributed by atoms with E-state index in [0.717, 1.165) is 29.7 Å². The fraction of sp³-hybridized carbons (Fsp3) is 0.500. The average Bonchev–Trinajstić information content (AvgIpc) is 3.80. The predicted octanol–water partition coefficient (Wildman–Crippen LogP) is 2.20. The summed E-state index contributed by atoms with van der Waals surface area (Å²) >= 11 is 0.411. The lowest BCUT2D eigenvalue weighted by molar-refractivity contribution is -0.0367. The molecule has 2 aliphatic heterocycles. The third kappa shape index (κ3) is 9.01.